The number of methoxy groups -OCH3 is 1. The van der Waals surface area contributed by atoms with Crippen LogP contribution in [0.4, 0.5) is 0 Å². The molecule has 0 amide bonds. The van der Waals surface area contributed by atoms with E-state index < -0.39 is 0 Å². The standard InChI is InChI=1S/C22H37N3O2/c1-17-18(2)22(27-15-11-23-10-14-26-4)9-8-20(17)21-7-5-6-19-16-24(3)12-13-25(19)21/h8-9,19,21,23H,5-7,10-16H2,1-4H3. The maximum Gasteiger partial charge on any atom is 0.122 e. The first-order valence-electron chi connectivity index (χ1n) is 10.5. The maximum atomic E-state index is 6.04. The Hall–Kier alpha value is -1.14. The van der Waals surface area contributed by atoms with Gasteiger partial charge in [0.2, 0.25) is 0 Å². The van der Waals surface area contributed by atoms with Crippen LogP contribution in [0.5, 0.6) is 5.75 Å². The van der Waals surface area contributed by atoms with E-state index in [4.69, 9.17) is 9.47 Å². The van der Waals surface area contributed by atoms with E-state index in [2.05, 4.69) is 48.1 Å². The molecule has 0 spiro atoms. The molecule has 0 bridgehead atoms. The Kier molecular flexibility index (Phi) is 7.53. The van der Waals surface area contributed by atoms with Crippen LogP contribution in [-0.4, -0.2) is 75.9 Å². The van der Waals surface area contributed by atoms with Gasteiger partial charge in [0.15, 0.2) is 0 Å². The number of likely N-dealkylation sites (N-methyl/N-ethyl adjacent to an activating group) is 1. The molecule has 0 aromatic heterocycles. The molecule has 2 atom stereocenters. The number of hydrogen-bond donors (Lipinski definition) is 1. The van der Waals surface area contributed by atoms with Crippen LogP contribution in [0.2, 0.25) is 0 Å². The highest BCUT2D eigenvalue weighted by molar-refractivity contribution is 5.45. The van der Waals surface area contributed by atoms with Gasteiger partial charge in [-0.25, -0.2) is 0 Å². The van der Waals surface area contributed by atoms with Crippen LogP contribution in [0.25, 0.3) is 0 Å². The Morgan fingerprint density at radius 1 is 1.07 bits per heavy atom. The second-order valence-corrected chi connectivity index (χ2v) is 8.09. The molecule has 2 unspecified atom stereocenters. The van der Waals surface area contributed by atoms with Crippen molar-refractivity contribution in [1.82, 2.24) is 15.1 Å². The molecule has 2 saturated heterocycles. The van der Waals surface area contributed by atoms with E-state index in [-0.39, 0.29) is 0 Å². The summed E-state index contributed by atoms with van der Waals surface area (Å²) >= 11 is 0. The molecule has 2 fully saturated rings. The van der Waals surface area contributed by atoms with Gasteiger partial charge in [-0.15, -0.1) is 0 Å². The lowest BCUT2D eigenvalue weighted by Gasteiger charge is -2.48. The van der Waals surface area contributed by atoms with E-state index >= 15 is 0 Å². The van der Waals surface area contributed by atoms with Crippen molar-refractivity contribution >= 4 is 0 Å². The van der Waals surface area contributed by atoms with Gasteiger partial charge in [0, 0.05) is 51.9 Å². The summed E-state index contributed by atoms with van der Waals surface area (Å²) in [5.41, 5.74) is 4.21. The summed E-state index contributed by atoms with van der Waals surface area (Å²) in [5, 5.41) is 3.33. The van der Waals surface area contributed by atoms with Gasteiger partial charge in [-0.3, -0.25) is 4.90 Å². The third-order valence-electron chi connectivity index (χ3n) is 6.30. The highest BCUT2D eigenvalue weighted by Gasteiger charge is 2.35. The van der Waals surface area contributed by atoms with Crippen molar-refractivity contribution in [2.75, 3.05) is 60.1 Å². The highest BCUT2D eigenvalue weighted by Crippen LogP contribution is 2.39. The number of hydrogen-bond acceptors (Lipinski definition) is 5. The quantitative estimate of drug-likeness (QED) is 0.707. The predicted molar refractivity (Wildman–Crippen MR) is 111 cm³/mol. The summed E-state index contributed by atoms with van der Waals surface area (Å²) in [6.07, 6.45) is 3.96. The molecule has 5 heteroatoms. The molecular weight excluding hydrogens is 338 g/mol. The molecular formula is C22H37N3O2. The van der Waals surface area contributed by atoms with Gasteiger partial charge in [0.05, 0.1) is 6.61 Å². The fourth-order valence-electron chi connectivity index (χ4n) is 4.61. The third-order valence-corrected chi connectivity index (χ3v) is 6.30. The number of nitrogens with zero attached hydrogens (tertiary/aromatic N) is 2. The molecule has 0 radical (unpaired) electrons. The molecule has 1 N–H and O–H groups in total. The first-order valence-corrected chi connectivity index (χ1v) is 10.5. The van der Waals surface area contributed by atoms with E-state index in [1.54, 1.807) is 7.11 Å². The van der Waals surface area contributed by atoms with Crippen LogP contribution < -0.4 is 10.1 Å². The van der Waals surface area contributed by atoms with Gasteiger partial charge in [0.1, 0.15) is 12.4 Å². The van der Waals surface area contributed by atoms with Gasteiger partial charge in [-0.1, -0.05) is 6.07 Å². The maximum absolute atomic E-state index is 6.04. The van der Waals surface area contributed by atoms with Crippen molar-refractivity contribution in [2.24, 2.45) is 0 Å². The average Bonchev–Trinajstić information content (AvgIpc) is 2.67. The highest BCUT2D eigenvalue weighted by atomic mass is 16.5. The fraction of sp³-hybridized carbons (Fsp3) is 0.727. The summed E-state index contributed by atoms with van der Waals surface area (Å²) in [6.45, 7) is 11.2. The molecule has 152 valence electrons. The Morgan fingerprint density at radius 3 is 2.70 bits per heavy atom. The topological polar surface area (TPSA) is 37.0 Å². The smallest absolute Gasteiger partial charge is 0.122 e. The molecule has 5 nitrogen and oxygen atoms in total. The molecule has 1 aromatic carbocycles. The van der Waals surface area contributed by atoms with Gasteiger partial charge in [0.25, 0.3) is 0 Å². The molecule has 0 aliphatic carbocycles. The lowest BCUT2D eigenvalue weighted by Crippen LogP contribution is -2.54. The van der Waals surface area contributed by atoms with E-state index in [1.165, 1.54) is 55.6 Å². The Bertz CT molecular complexity index is 607. The number of piperazine rings is 1. The summed E-state index contributed by atoms with van der Waals surface area (Å²) in [4.78, 5) is 5.25. The van der Waals surface area contributed by atoms with E-state index in [9.17, 15) is 0 Å². The molecule has 27 heavy (non-hydrogen) atoms. The number of piperidine rings is 1. The Labute approximate surface area is 165 Å². The number of nitrogens with one attached hydrogen (secondary N) is 1. The average molecular weight is 376 g/mol. The zero-order valence-electron chi connectivity index (χ0n) is 17.6. The van der Waals surface area contributed by atoms with E-state index in [0.29, 0.717) is 12.6 Å². The van der Waals surface area contributed by atoms with Crippen LogP contribution in [0.3, 0.4) is 0 Å². The van der Waals surface area contributed by atoms with Crippen molar-refractivity contribution in [3.05, 3.63) is 28.8 Å². The van der Waals surface area contributed by atoms with Crippen molar-refractivity contribution in [1.29, 1.82) is 0 Å². The van der Waals surface area contributed by atoms with Crippen LogP contribution in [-0.2, 0) is 4.74 Å². The van der Waals surface area contributed by atoms with E-state index in [0.717, 1.165) is 31.5 Å². The van der Waals surface area contributed by atoms with Crippen LogP contribution >= 0.6 is 0 Å². The van der Waals surface area contributed by atoms with Gasteiger partial charge >= 0.3 is 0 Å². The second kappa shape index (κ2) is 9.87. The van der Waals surface area contributed by atoms with Crippen molar-refractivity contribution in [2.45, 2.75) is 45.2 Å². The van der Waals surface area contributed by atoms with Crippen molar-refractivity contribution in [3.63, 3.8) is 0 Å². The second-order valence-electron chi connectivity index (χ2n) is 8.09. The first-order chi connectivity index (χ1) is 13.1. The minimum absolute atomic E-state index is 0.570. The zero-order valence-corrected chi connectivity index (χ0v) is 17.6. The van der Waals surface area contributed by atoms with Gasteiger partial charge in [-0.05, 0) is 62.9 Å². The summed E-state index contributed by atoms with van der Waals surface area (Å²) < 4.78 is 11.1. The molecule has 0 saturated carbocycles. The summed E-state index contributed by atoms with van der Waals surface area (Å²) in [5.74, 6) is 1.02. The SMILES string of the molecule is COCCNCCOc1ccc(C2CCCC3CN(C)CCN32)c(C)c1C. The minimum atomic E-state index is 0.570. The largest absolute Gasteiger partial charge is 0.492 e. The monoisotopic (exact) mass is 375 g/mol. The predicted octanol–water partition coefficient (Wildman–Crippen LogP) is 2.76. The van der Waals surface area contributed by atoms with E-state index in [1.807, 2.05) is 0 Å². The molecule has 2 aliphatic rings. The lowest BCUT2D eigenvalue weighted by atomic mass is 9.86. The third kappa shape index (κ3) is 5.02. The van der Waals surface area contributed by atoms with Crippen molar-refractivity contribution in [3.8, 4) is 5.75 Å². The summed E-state index contributed by atoms with van der Waals surface area (Å²) in [6, 6.07) is 5.80. The fourth-order valence-corrected chi connectivity index (χ4v) is 4.61. The number of rotatable bonds is 8. The molecule has 1 aromatic rings. The van der Waals surface area contributed by atoms with Crippen molar-refractivity contribution < 1.29 is 9.47 Å². The Balaban J connectivity index is 1.64. The zero-order chi connectivity index (χ0) is 19.2. The van der Waals surface area contributed by atoms with Gasteiger partial charge in [-0.2, -0.15) is 0 Å². The number of fused-ring (bicyclic) bond motifs is 1. The minimum Gasteiger partial charge on any atom is -0.492 e. The molecule has 3 rings (SSSR count). The van der Waals surface area contributed by atoms with Crippen LogP contribution in [0, 0.1) is 13.8 Å². The number of benzene rings is 1. The lowest BCUT2D eigenvalue weighted by molar-refractivity contribution is 0.0183. The first kappa shape index (κ1) is 20.6. The van der Waals surface area contributed by atoms with Crippen LogP contribution in [0.15, 0.2) is 12.1 Å². The normalized spacial score (nSPS) is 24.0. The molecule has 2 heterocycles. The molecule has 2 aliphatic heterocycles. The van der Waals surface area contributed by atoms with Crippen LogP contribution in [0.1, 0.15) is 42.0 Å². The Morgan fingerprint density at radius 2 is 1.89 bits per heavy atom. The number of ether oxygens (including phenoxy) is 2. The summed E-state index contributed by atoms with van der Waals surface area (Å²) in [7, 11) is 3.98. The van der Waals surface area contributed by atoms with Gasteiger partial charge < -0.3 is 19.7 Å².